The molecule has 3 aromatic rings. The average Bonchev–Trinajstić information content (AvgIpc) is 3.30. The van der Waals surface area contributed by atoms with E-state index in [4.69, 9.17) is 16.0 Å². The number of nitrogens with one attached hydrogen (secondary N) is 3. The first-order chi connectivity index (χ1) is 16.7. The number of furan rings is 1. The van der Waals surface area contributed by atoms with Crippen molar-refractivity contribution in [1.29, 1.82) is 5.26 Å². The molecule has 0 aliphatic carbocycles. The molecule has 8 nitrogen and oxygen atoms in total. The van der Waals surface area contributed by atoms with Gasteiger partial charge in [-0.3, -0.25) is 14.4 Å². The molecule has 0 unspecified atom stereocenters. The maximum absolute atomic E-state index is 12.3. The van der Waals surface area contributed by atoms with Crippen LogP contribution in [-0.2, 0) is 27.5 Å². The number of hydrogen-bond acceptors (Lipinski definition) is 5. The molecule has 0 bridgehead atoms. The summed E-state index contributed by atoms with van der Waals surface area (Å²) in [5, 5.41) is 17.6. The first-order valence-electron chi connectivity index (χ1n) is 10.6. The second kappa shape index (κ2) is 11.7. The lowest BCUT2D eigenvalue weighted by Crippen LogP contribution is -2.34. The van der Waals surface area contributed by atoms with E-state index in [1.54, 1.807) is 48.5 Å². The molecule has 35 heavy (non-hydrogen) atoms. The van der Waals surface area contributed by atoms with Crippen molar-refractivity contribution < 1.29 is 18.8 Å². The van der Waals surface area contributed by atoms with Crippen LogP contribution in [0.3, 0.4) is 0 Å². The molecule has 0 fully saturated rings. The van der Waals surface area contributed by atoms with Gasteiger partial charge in [-0.1, -0.05) is 29.8 Å². The number of amides is 3. The first-order valence-corrected chi connectivity index (χ1v) is 11.0. The Labute approximate surface area is 207 Å². The first kappa shape index (κ1) is 25.3. The van der Waals surface area contributed by atoms with Crippen molar-refractivity contribution in [2.45, 2.75) is 26.9 Å². The maximum Gasteiger partial charge on any atom is 0.313 e. The molecule has 0 spiro atoms. The van der Waals surface area contributed by atoms with Crippen LogP contribution in [0.4, 0.5) is 5.69 Å². The molecular formula is C26H23ClN4O4. The van der Waals surface area contributed by atoms with E-state index in [-0.39, 0.29) is 24.4 Å². The van der Waals surface area contributed by atoms with Gasteiger partial charge in [-0.15, -0.1) is 0 Å². The molecule has 3 N–H and O–H groups in total. The summed E-state index contributed by atoms with van der Waals surface area (Å²) in [7, 11) is 0. The minimum atomic E-state index is -0.823. The number of aryl methyl sites for hydroxylation is 2. The molecule has 1 aromatic heterocycles. The van der Waals surface area contributed by atoms with Crippen molar-refractivity contribution in [2.24, 2.45) is 0 Å². The fourth-order valence-corrected chi connectivity index (χ4v) is 3.12. The van der Waals surface area contributed by atoms with Crippen molar-refractivity contribution in [2.75, 3.05) is 5.32 Å². The molecule has 178 valence electrons. The maximum atomic E-state index is 12.3. The Balaban J connectivity index is 1.53. The van der Waals surface area contributed by atoms with Gasteiger partial charge in [-0.25, -0.2) is 0 Å². The van der Waals surface area contributed by atoms with Gasteiger partial charge in [0.1, 0.15) is 23.2 Å². The number of hydrogen-bond donors (Lipinski definition) is 3. The van der Waals surface area contributed by atoms with E-state index in [9.17, 15) is 19.6 Å². The lowest BCUT2D eigenvalue weighted by Gasteiger charge is -2.07. The fourth-order valence-electron chi connectivity index (χ4n) is 2.99. The largest absolute Gasteiger partial charge is 0.460 e. The average molecular weight is 491 g/mol. The van der Waals surface area contributed by atoms with Crippen LogP contribution in [0.5, 0.6) is 0 Å². The summed E-state index contributed by atoms with van der Waals surface area (Å²) in [4.78, 5) is 36.6. The number of anilines is 1. The second-order valence-corrected chi connectivity index (χ2v) is 8.16. The topological polar surface area (TPSA) is 124 Å². The van der Waals surface area contributed by atoms with Crippen LogP contribution < -0.4 is 16.0 Å². The van der Waals surface area contributed by atoms with E-state index in [1.165, 1.54) is 6.08 Å². The molecular weight excluding hydrogens is 468 g/mol. The van der Waals surface area contributed by atoms with E-state index in [0.29, 0.717) is 16.5 Å². The summed E-state index contributed by atoms with van der Waals surface area (Å²) < 4.78 is 5.55. The smallest absolute Gasteiger partial charge is 0.313 e. The predicted octanol–water partition coefficient (Wildman–Crippen LogP) is 4.03. The number of benzene rings is 2. The number of halogens is 1. The van der Waals surface area contributed by atoms with E-state index < -0.39 is 17.7 Å². The van der Waals surface area contributed by atoms with Gasteiger partial charge in [-0.2, -0.15) is 5.26 Å². The van der Waals surface area contributed by atoms with Crippen LogP contribution >= 0.6 is 11.6 Å². The zero-order chi connectivity index (χ0) is 25.4. The third-order valence-electron chi connectivity index (χ3n) is 5.09. The standard InChI is InChI=1S/C26H23ClN4O4/c1-16-3-8-21(11-17(16)2)31-26(34)25(33)30-15-23-10-9-22(35-23)12-19(13-28)24(32)29-14-18-4-6-20(27)7-5-18/h3-12H,14-15H2,1-2H3,(H,29,32)(H,30,33)(H,31,34)/b19-12-. The highest BCUT2D eigenvalue weighted by atomic mass is 35.5. The summed E-state index contributed by atoms with van der Waals surface area (Å²) >= 11 is 5.84. The van der Waals surface area contributed by atoms with Gasteiger partial charge in [-0.05, 0) is 66.9 Å². The Morgan fingerprint density at radius 1 is 0.914 bits per heavy atom. The van der Waals surface area contributed by atoms with Crippen molar-refractivity contribution in [3.8, 4) is 6.07 Å². The Morgan fingerprint density at radius 2 is 1.63 bits per heavy atom. The van der Waals surface area contributed by atoms with Crippen LogP contribution in [0.1, 0.15) is 28.2 Å². The van der Waals surface area contributed by atoms with Crippen molar-refractivity contribution in [3.63, 3.8) is 0 Å². The fraction of sp³-hybridized carbons (Fsp3) is 0.154. The number of carbonyl (C=O) groups is 3. The molecule has 0 aliphatic heterocycles. The summed E-state index contributed by atoms with van der Waals surface area (Å²) in [5.41, 5.74) is 3.29. The van der Waals surface area contributed by atoms with Crippen molar-refractivity contribution in [3.05, 3.63) is 93.4 Å². The summed E-state index contributed by atoms with van der Waals surface area (Å²) in [5.74, 6) is -1.58. The zero-order valence-corrected chi connectivity index (χ0v) is 19.9. The highest BCUT2D eigenvalue weighted by Gasteiger charge is 2.15. The quantitative estimate of drug-likeness (QED) is 0.262. The summed E-state index contributed by atoms with van der Waals surface area (Å²) in [6, 6.07) is 17.3. The minimum Gasteiger partial charge on any atom is -0.460 e. The van der Waals surface area contributed by atoms with Crippen LogP contribution in [0.2, 0.25) is 5.02 Å². The Morgan fingerprint density at radius 3 is 2.31 bits per heavy atom. The molecule has 3 rings (SSSR count). The molecule has 1 heterocycles. The van der Waals surface area contributed by atoms with Crippen LogP contribution in [0, 0.1) is 25.2 Å². The molecule has 9 heteroatoms. The van der Waals surface area contributed by atoms with Gasteiger partial charge in [0.05, 0.1) is 6.54 Å². The van der Waals surface area contributed by atoms with Crippen LogP contribution in [-0.4, -0.2) is 17.7 Å². The SMILES string of the molecule is Cc1ccc(NC(=O)C(=O)NCc2ccc(/C=C(/C#N)C(=O)NCc3ccc(Cl)cc3)o2)cc1C. The highest BCUT2D eigenvalue weighted by molar-refractivity contribution is 6.39. The summed E-state index contributed by atoms with van der Waals surface area (Å²) in [6.07, 6.45) is 1.30. The summed E-state index contributed by atoms with van der Waals surface area (Å²) in [6.45, 7) is 4.05. The minimum absolute atomic E-state index is 0.0440. The van der Waals surface area contributed by atoms with E-state index in [2.05, 4.69) is 16.0 Å². The zero-order valence-electron chi connectivity index (χ0n) is 19.1. The molecule has 0 aliphatic rings. The number of carbonyl (C=O) groups excluding carboxylic acids is 3. The lowest BCUT2D eigenvalue weighted by atomic mass is 10.1. The third-order valence-corrected chi connectivity index (χ3v) is 5.35. The molecule has 0 atom stereocenters. The molecule has 0 saturated carbocycles. The van der Waals surface area contributed by atoms with Crippen molar-refractivity contribution >= 4 is 41.1 Å². The highest BCUT2D eigenvalue weighted by Crippen LogP contribution is 2.15. The Hall–Kier alpha value is -4.35. The Kier molecular flexibility index (Phi) is 8.43. The van der Waals surface area contributed by atoms with Gasteiger partial charge in [0.2, 0.25) is 0 Å². The molecule has 2 aromatic carbocycles. The number of nitriles is 1. The lowest BCUT2D eigenvalue weighted by molar-refractivity contribution is -0.136. The van der Waals surface area contributed by atoms with Gasteiger partial charge in [0.15, 0.2) is 0 Å². The number of rotatable bonds is 7. The van der Waals surface area contributed by atoms with Crippen LogP contribution in [0.15, 0.2) is 64.6 Å². The predicted molar refractivity (Wildman–Crippen MR) is 132 cm³/mol. The molecule has 0 saturated heterocycles. The van der Waals surface area contributed by atoms with Crippen LogP contribution in [0.25, 0.3) is 6.08 Å². The monoisotopic (exact) mass is 490 g/mol. The third kappa shape index (κ3) is 7.32. The van der Waals surface area contributed by atoms with Crippen molar-refractivity contribution in [1.82, 2.24) is 10.6 Å². The number of nitrogens with zero attached hydrogens (tertiary/aromatic N) is 1. The van der Waals surface area contributed by atoms with Gasteiger partial charge in [0.25, 0.3) is 5.91 Å². The Bertz CT molecular complexity index is 1320. The van der Waals surface area contributed by atoms with E-state index in [0.717, 1.165) is 16.7 Å². The van der Waals surface area contributed by atoms with E-state index >= 15 is 0 Å². The normalized spacial score (nSPS) is 10.9. The molecule has 3 amide bonds. The second-order valence-electron chi connectivity index (χ2n) is 7.72. The van der Waals surface area contributed by atoms with Gasteiger partial charge in [0, 0.05) is 23.3 Å². The van der Waals surface area contributed by atoms with E-state index in [1.807, 2.05) is 26.0 Å². The molecule has 0 radical (unpaired) electrons. The van der Waals surface area contributed by atoms with Gasteiger partial charge >= 0.3 is 11.8 Å². The van der Waals surface area contributed by atoms with Gasteiger partial charge < -0.3 is 20.4 Å².